The topological polar surface area (TPSA) is 96.2 Å². The molecule has 0 bridgehead atoms. The largest absolute Gasteiger partial charge is 0.396 e. The molecule has 2 N–H and O–H groups in total. The van der Waals surface area contributed by atoms with Gasteiger partial charge in [0.2, 0.25) is 0 Å². The number of unbranched alkanes of at least 4 members (excludes halogenated alkanes) is 1. The van der Waals surface area contributed by atoms with Gasteiger partial charge in [0, 0.05) is 26.7 Å². The van der Waals surface area contributed by atoms with E-state index in [1.165, 1.54) is 24.5 Å². The molecule has 0 spiro atoms. The van der Waals surface area contributed by atoms with Crippen LogP contribution in [0.5, 0.6) is 0 Å². The van der Waals surface area contributed by atoms with Crippen molar-refractivity contribution in [1.82, 2.24) is 24.0 Å². The highest BCUT2D eigenvalue weighted by molar-refractivity contribution is 5.69. The number of fused-ring (bicyclic) bond motifs is 1. The summed E-state index contributed by atoms with van der Waals surface area (Å²) in [6.45, 7) is 1.74. The number of rotatable bonds is 7. The molecule has 0 saturated heterocycles. The van der Waals surface area contributed by atoms with Crippen molar-refractivity contribution in [3.05, 3.63) is 26.7 Å². The van der Waals surface area contributed by atoms with E-state index in [-0.39, 0.29) is 17.9 Å². The number of nitrogens with zero attached hydrogens (tertiary/aromatic N) is 4. The van der Waals surface area contributed by atoms with Crippen LogP contribution in [-0.4, -0.2) is 48.3 Å². The molecule has 2 aromatic heterocycles. The zero-order valence-electron chi connectivity index (χ0n) is 13.6. The molecule has 0 aliphatic heterocycles. The van der Waals surface area contributed by atoms with Crippen molar-refractivity contribution in [2.75, 3.05) is 13.2 Å². The molecule has 0 atom stereocenters. The lowest BCUT2D eigenvalue weighted by atomic mass is 10.3. The maximum Gasteiger partial charge on any atom is 0.332 e. The first kappa shape index (κ1) is 15.9. The maximum absolute atomic E-state index is 12.2. The average Bonchev–Trinajstić information content (AvgIpc) is 3.30. The number of H-pyrrole nitrogens is 1. The van der Waals surface area contributed by atoms with E-state index < -0.39 is 0 Å². The van der Waals surface area contributed by atoms with E-state index in [0.29, 0.717) is 29.6 Å². The fourth-order valence-corrected chi connectivity index (χ4v) is 2.90. The first-order valence-electron chi connectivity index (χ1n) is 8.02. The standard InChI is InChI=1S/C15H23N5O3/c1-18-13-12(14(22)19(2)15(18)23)16-11(17-13)9-20(10-5-6-10)7-3-4-8-21/h10,21H,3-9H2,1-2H3,(H,16,17). The number of aliphatic hydroxyl groups excluding tert-OH is 1. The second-order valence-corrected chi connectivity index (χ2v) is 6.22. The molecule has 0 radical (unpaired) electrons. The summed E-state index contributed by atoms with van der Waals surface area (Å²) in [6, 6.07) is 0.563. The number of nitrogens with one attached hydrogen (secondary N) is 1. The molecular weight excluding hydrogens is 298 g/mol. The number of hydrogen-bond acceptors (Lipinski definition) is 5. The quantitative estimate of drug-likeness (QED) is 0.683. The number of hydrogen-bond donors (Lipinski definition) is 2. The maximum atomic E-state index is 12.2. The van der Waals surface area contributed by atoms with Gasteiger partial charge in [0.05, 0.1) is 6.54 Å². The normalized spacial score (nSPS) is 15.0. The van der Waals surface area contributed by atoms with Crippen molar-refractivity contribution in [1.29, 1.82) is 0 Å². The molecule has 0 unspecified atom stereocenters. The van der Waals surface area contributed by atoms with Gasteiger partial charge in [-0.15, -0.1) is 0 Å². The summed E-state index contributed by atoms with van der Waals surface area (Å²) in [5, 5.41) is 8.93. The monoisotopic (exact) mass is 321 g/mol. The molecule has 1 aliphatic rings. The number of aryl methyl sites for hydroxylation is 1. The highest BCUT2D eigenvalue weighted by Crippen LogP contribution is 2.28. The Balaban J connectivity index is 1.88. The predicted molar refractivity (Wildman–Crippen MR) is 86.3 cm³/mol. The molecule has 2 aromatic rings. The van der Waals surface area contributed by atoms with Crippen LogP contribution in [0.15, 0.2) is 9.59 Å². The van der Waals surface area contributed by atoms with Crippen molar-refractivity contribution >= 4 is 11.2 Å². The third-order valence-electron chi connectivity index (χ3n) is 4.41. The van der Waals surface area contributed by atoms with Gasteiger partial charge in [0.1, 0.15) is 11.3 Å². The van der Waals surface area contributed by atoms with Gasteiger partial charge < -0.3 is 10.1 Å². The van der Waals surface area contributed by atoms with Gasteiger partial charge in [-0.3, -0.25) is 18.8 Å². The summed E-state index contributed by atoms with van der Waals surface area (Å²) in [7, 11) is 3.09. The summed E-state index contributed by atoms with van der Waals surface area (Å²) in [5.41, 5.74) is 0.0533. The summed E-state index contributed by atoms with van der Waals surface area (Å²) in [6.07, 6.45) is 4.09. The van der Waals surface area contributed by atoms with E-state index in [9.17, 15) is 9.59 Å². The summed E-state index contributed by atoms with van der Waals surface area (Å²) in [4.78, 5) is 34.0. The highest BCUT2D eigenvalue weighted by Gasteiger charge is 2.29. The van der Waals surface area contributed by atoms with Crippen molar-refractivity contribution in [2.45, 2.75) is 38.3 Å². The zero-order valence-corrected chi connectivity index (χ0v) is 13.6. The van der Waals surface area contributed by atoms with E-state index in [1.807, 2.05) is 0 Å². The molecular formula is C15H23N5O3. The fraction of sp³-hybridized carbons (Fsp3) is 0.667. The van der Waals surface area contributed by atoms with Gasteiger partial charge in [-0.2, -0.15) is 0 Å². The van der Waals surface area contributed by atoms with Gasteiger partial charge >= 0.3 is 5.69 Å². The van der Waals surface area contributed by atoms with Crippen LogP contribution in [0.4, 0.5) is 0 Å². The zero-order chi connectivity index (χ0) is 16.6. The van der Waals surface area contributed by atoms with Crippen molar-refractivity contribution in [2.24, 2.45) is 14.1 Å². The summed E-state index contributed by atoms with van der Waals surface area (Å²) >= 11 is 0. The van der Waals surface area contributed by atoms with Crippen LogP contribution in [-0.2, 0) is 20.6 Å². The van der Waals surface area contributed by atoms with Crippen molar-refractivity contribution in [3.8, 4) is 0 Å². The van der Waals surface area contributed by atoms with Crippen molar-refractivity contribution in [3.63, 3.8) is 0 Å². The van der Waals surface area contributed by atoms with Crippen LogP contribution in [0, 0.1) is 0 Å². The number of aromatic amines is 1. The van der Waals surface area contributed by atoms with Gasteiger partial charge in [-0.1, -0.05) is 0 Å². The Morgan fingerprint density at radius 2 is 2.00 bits per heavy atom. The molecule has 0 aromatic carbocycles. The van der Waals surface area contributed by atoms with Crippen LogP contribution in [0.2, 0.25) is 0 Å². The second-order valence-electron chi connectivity index (χ2n) is 6.22. The molecule has 1 saturated carbocycles. The fourth-order valence-electron chi connectivity index (χ4n) is 2.90. The van der Waals surface area contributed by atoms with E-state index >= 15 is 0 Å². The molecule has 0 amide bonds. The van der Waals surface area contributed by atoms with Crippen LogP contribution in [0.3, 0.4) is 0 Å². The molecule has 1 fully saturated rings. The van der Waals surface area contributed by atoms with E-state index in [2.05, 4.69) is 14.9 Å². The lowest BCUT2D eigenvalue weighted by molar-refractivity contribution is 0.225. The number of aliphatic hydroxyl groups is 1. The van der Waals surface area contributed by atoms with Gasteiger partial charge in [-0.05, 0) is 32.2 Å². The summed E-state index contributed by atoms with van der Waals surface area (Å²) < 4.78 is 2.48. The molecule has 1 aliphatic carbocycles. The molecule has 2 heterocycles. The minimum atomic E-state index is -0.373. The third kappa shape index (κ3) is 3.09. The van der Waals surface area contributed by atoms with Gasteiger partial charge in [0.15, 0.2) is 5.65 Å². The Labute approximate surface area is 133 Å². The number of aromatic nitrogens is 4. The molecule has 23 heavy (non-hydrogen) atoms. The van der Waals surface area contributed by atoms with E-state index in [4.69, 9.17) is 5.11 Å². The predicted octanol–water partition coefficient (Wildman–Crippen LogP) is -0.303. The smallest absolute Gasteiger partial charge is 0.332 e. The van der Waals surface area contributed by atoms with Gasteiger partial charge in [-0.25, -0.2) is 9.78 Å². The Kier molecular flexibility index (Phi) is 4.36. The van der Waals surface area contributed by atoms with Crippen molar-refractivity contribution < 1.29 is 5.11 Å². The lowest BCUT2D eigenvalue weighted by Gasteiger charge is -2.20. The van der Waals surface area contributed by atoms with Crippen LogP contribution in [0.25, 0.3) is 11.2 Å². The Hall–Kier alpha value is -1.93. The second kappa shape index (κ2) is 6.29. The minimum absolute atomic E-state index is 0.210. The average molecular weight is 321 g/mol. The minimum Gasteiger partial charge on any atom is -0.396 e. The lowest BCUT2D eigenvalue weighted by Crippen LogP contribution is -2.36. The summed E-state index contributed by atoms with van der Waals surface area (Å²) in [5.74, 6) is 0.703. The van der Waals surface area contributed by atoms with Gasteiger partial charge in [0.25, 0.3) is 5.56 Å². The van der Waals surface area contributed by atoms with E-state index in [1.54, 1.807) is 7.05 Å². The Morgan fingerprint density at radius 1 is 1.26 bits per heavy atom. The van der Waals surface area contributed by atoms with Crippen LogP contribution in [0.1, 0.15) is 31.5 Å². The Bertz CT molecular complexity index is 815. The third-order valence-corrected chi connectivity index (χ3v) is 4.41. The van der Waals surface area contributed by atoms with E-state index in [0.717, 1.165) is 24.0 Å². The highest BCUT2D eigenvalue weighted by atomic mass is 16.3. The van der Waals surface area contributed by atoms with Crippen LogP contribution < -0.4 is 11.2 Å². The molecule has 8 heteroatoms. The molecule has 126 valence electrons. The Morgan fingerprint density at radius 3 is 2.65 bits per heavy atom. The number of imidazole rings is 1. The molecule has 8 nitrogen and oxygen atoms in total. The first-order chi connectivity index (χ1) is 11.0. The SMILES string of the molecule is Cn1c(=O)c2[nH]c(CN(CCCCO)C3CC3)nc2n(C)c1=O. The van der Waals surface area contributed by atoms with Crippen LogP contribution >= 0.6 is 0 Å². The molecule has 3 rings (SSSR count). The first-order valence-corrected chi connectivity index (χ1v) is 8.02.